The first-order chi connectivity index (χ1) is 9.46. The summed E-state index contributed by atoms with van der Waals surface area (Å²) in [7, 11) is 1.50. The Balaban J connectivity index is 2.67. The summed E-state index contributed by atoms with van der Waals surface area (Å²) in [5.41, 5.74) is 6.49. The van der Waals surface area contributed by atoms with Crippen molar-refractivity contribution in [2.24, 2.45) is 5.73 Å². The molecule has 0 aromatic heterocycles. The summed E-state index contributed by atoms with van der Waals surface area (Å²) < 4.78 is 5.04. The third kappa shape index (κ3) is 5.16. The molecule has 1 aromatic carbocycles. The average Bonchev–Trinajstić information content (AvgIpc) is 2.38. The molecule has 2 amide bonds. The Hall–Kier alpha value is -1.63. The van der Waals surface area contributed by atoms with E-state index >= 15 is 0 Å². The van der Waals surface area contributed by atoms with E-state index < -0.39 is 0 Å². The first kappa shape index (κ1) is 16.4. The minimum absolute atomic E-state index is 0.165. The van der Waals surface area contributed by atoms with Crippen molar-refractivity contribution in [3.63, 3.8) is 0 Å². The van der Waals surface area contributed by atoms with Gasteiger partial charge < -0.3 is 21.1 Å². The van der Waals surface area contributed by atoms with Gasteiger partial charge in [0.05, 0.1) is 23.2 Å². The Labute approximate surface area is 122 Å². The molecule has 7 heteroatoms. The largest absolute Gasteiger partial charge is 0.380 e. The quantitative estimate of drug-likeness (QED) is 0.744. The average molecular weight is 300 g/mol. The van der Waals surface area contributed by atoms with Crippen molar-refractivity contribution in [3.8, 4) is 0 Å². The highest BCUT2D eigenvalue weighted by Crippen LogP contribution is 2.25. The highest BCUT2D eigenvalue weighted by Gasteiger charge is 2.12. The minimum atomic E-state index is -0.316. The molecule has 110 valence electrons. The van der Waals surface area contributed by atoms with Crippen LogP contribution in [0.2, 0.25) is 5.02 Å². The summed E-state index contributed by atoms with van der Waals surface area (Å²) in [6, 6.07) is 4.84. The van der Waals surface area contributed by atoms with Crippen molar-refractivity contribution in [3.05, 3.63) is 23.2 Å². The molecule has 4 N–H and O–H groups in total. The van der Waals surface area contributed by atoms with Crippen molar-refractivity contribution >= 4 is 34.8 Å². The topological polar surface area (TPSA) is 93.4 Å². The summed E-state index contributed by atoms with van der Waals surface area (Å²) in [6.07, 6.45) is -0.151. The second kappa shape index (κ2) is 7.84. The molecule has 0 fully saturated rings. The van der Waals surface area contributed by atoms with Gasteiger partial charge in [-0.1, -0.05) is 11.6 Å². The van der Waals surface area contributed by atoms with Crippen LogP contribution in [0.15, 0.2) is 18.2 Å². The predicted molar refractivity (Wildman–Crippen MR) is 78.9 cm³/mol. The Morgan fingerprint density at radius 2 is 2.10 bits per heavy atom. The van der Waals surface area contributed by atoms with Gasteiger partial charge in [-0.2, -0.15) is 0 Å². The lowest BCUT2D eigenvalue weighted by molar-refractivity contribution is -0.118. The van der Waals surface area contributed by atoms with Gasteiger partial charge in [-0.25, -0.2) is 0 Å². The summed E-state index contributed by atoms with van der Waals surface area (Å²) in [5.74, 6) is -0.430. The Bertz CT molecular complexity index is 490. The van der Waals surface area contributed by atoms with Crippen LogP contribution in [0.5, 0.6) is 0 Å². The molecule has 0 saturated carbocycles. The SMILES string of the molecule is COC(CN)CC(=O)Nc1ccc(NC(C)=O)c(Cl)c1. The molecule has 0 saturated heterocycles. The van der Waals surface area contributed by atoms with E-state index in [2.05, 4.69) is 10.6 Å². The van der Waals surface area contributed by atoms with Crippen LogP contribution < -0.4 is 16.4 Å². The second-order valence-electron chi connectivity index (χ2n) is 4.22. The van der Waals surface area contributed by atoms with Crippen molar-refractivity contribution in [2.45, 2.75) is 19.4 Å². The van der Waals surface area contributed by atoms with Gasteiger partial charge >= 0.3 is 0 Å². The maximum atomic E-state index is 11.8. The van der Waals surface area contributed by atoms with Gasteiger partial charge in [-0.3, -0.25) is 9.59 Å². The van der Waals surface area contributed by atoms with Crippen LogP contribution >= 0.6 is 11.6 Å². The van der Waals surface area contributed by atoms with Crippen LogP contribution in [0.25, 0.3) is 0 Å². The number of methoxy groups -OCH3 is 1. The molecule has 0 radical (unpaired) electrons. The number of nitrogens with one attached hydrogen (secondary N) is 2. The molecular formula is C13H18ClN3O3. The number of ether oxygens (including phenoxy) is 1. The first-order valence-electron chi connectivity index (χ1n) is 6.06. The third-order valence-electron chi connectivity index (χ3n) is 2.57. The number of benzene rings is 1. The summed E-state index contributed by atoms with van der Waals surface area (Å²) >= 11 is 6.01. The zero-order valence-electron chi connectivity index (χ0n) is 11.4. The lowest BCUT2D eigenvalue weighted by Gasteiger charge is -2.13. The molecule has 0 aliphatic rings. The van der Waals surface area contributed by atoms with Gasteiger partial charge in [-0.15, -0.1) is 0 Å². The molecule has 0 spiro atoms. The normalized spacial score (nSPS) is 11.8. The van der Waals surface area contributed by atoms with Gasteiger partial charge in [0.1, 0.15) is 0 Å². The van der Waals surface area contributed by atoms with Crippen molar-refractivity contribution in [2.75, 3.05) is 24.3 Å². The van der Waals surface area contributed by atoms with Crippen LogP contribution in [-0.4, -0.2) is 31.6 Å². The highest BCUT2D eigenvalue weighted by molar-refractivity contribution is 6.34. The number of anilines is 2. The molecule has 0 aliphatic heterocycles. The Morgan fingerprint density at radius 1 is 1.40 bits per heavy atom. The van der Waals surface area contributed by atoms with Crippen LogP contribution in [-0.2, 0) is 14.3 Å². The minimum Gasteiger partial charge on any atom is -0.380 e. The molecule has 0 bridgehead atoms. The van der Waals surface area contributed by atoms with Gasteiger partial charge in [0.2, 0.25) is 11.8 Å². The van der Waals surface area contributed by atoms with Gasteiger partial charge in [0.15, 0.2) is 0 Å². The molecule has 1 aromatic rings. The van der Waals surface area contributed by atoms with E-state index in [1.165, 1.54) is 14.0 Å². The maximum absolute atomic E-state index is 11.8. The van der Waals surface area contributed by atoms with Crippen LogP contribution in [0, 0.1) is 0 Å². The summed E-state index contributed by atoms with van der Waals surface area (Å²) in [6.45, 7) is 1.66. The molecule has 0 heterocycles. The van der Waals surface area contributed by atoms with E-state index in [0.29, 0.717) is 16.4 Å². The smallest absolute Gasteiger partial charge is 0.227 e. The fourth-order valence-electron chi connectivity index (χ4n) is 1.57. The van der Waals surface area contributed by atoms with Crippen LogP contribution in [0.1, 0.15) is 13.3 Å². The monoisotopic (exact) mass is 299 g/mol. The second-order valence-corrected chi connectivity index (χ2v) is 4.63. The van der Waals surface area contributed by atoms with Crippen molar-refractivity contribution in [1.82, 2.24) is 0 Å². The fraction of sp³-hybridized carbons (Fsp3) is 0.385. The number of amides is 2. The van der Waals surface area contributed by atoms with Crippen molar-refractivity contribution in [1.29, 1.82) is 0 Å². The third-order valence-corrected chi connectivity index (χ3v) is 2.89. The lowest BCUT2D eigenvalue weighted by Crippen LogP contribution is -2.28. The Morgan fingerprint density at radius 3 is 2.60 bits per heavy atom. The zero-order valence-corrected chi connectivity index (χ0v) is 12.2. The molecule has 6 nitrogen and oxygen atoms in total. The number of rotatable bonds is 6. The van der Waals surface area contributed by atoms with E-state index in [0.717, 1.165) is 0 Å². The van der Waals surface area contributed by atoms with E-state index in [4.69, 9.17) is 22.1 Å². The molecule has 20 heavy (non-hydrogen) atoms. The van der Waals surface area contributed by atoms with E-state index in [1.807, 2.05) is 0 Å². The van der Waals surface area contributed by atoms with E-state index in [9.17, 15) is 9.59 Å². The molecule has 1 atom stereocenters. The van der Waals surface area contributed by atoms with Crippen LogP contribution in [0.4, 0.5) is 11.4 Å². The summed E-state index contributed by atoms with van der Waals surface area (Å²) in [5, 5.41) is 5.62. The number of hydrogen-bond acceptors (Lipinski definition) is 4. The van der Waals surface area contributed by atoms with Gasteiger partial charge in [0, 0.05) is 26.3 Å². The number of carbonyl (C=O) groups excluding carboxylic acids is 2. The molecule has 1 unspecified atom stereocenters. The van der Waals surface area contributed by atoms with Gasteiger partial charge in [-0.05, 0) is 18.2 Å². The number of halogens is 1. The first-order valence-corrected chi connectivity index (χ1v) is 6.44. The standard InChI is InChI=1S/C13H18ClN3O3/c1-8(18)16-12-4-3-9(5-11(12)14)17-13(19)6-10(7-15)20-2/h3-5,10H,6-7,15H2,1-2H3,(H,16,18)(H,17,19). The summed E-state index contributed by atoms with van der Waals surface area (Å²) in [4.78, 5) is 22.7. The van der Waals surface area contributed by atoms with E-state index in [1.54, 1.807) is 18.2 Å². The number of hydrogen-bond donors (Lipinski definition) is 3. The van der Waals surface area contributed by atoms with Gasteiger partial charge in [0.25, 0.3) is 0 Å². The fourth-order valence-corrected chi connectivity index (χ4v) is 1.79. The molecule has 1 rings (SSSR count). The van der Waals surface area contributed by atoms with E-state index in [-0.39, 0.29) is 30.9 Å². The lowest BCUT2D eigenvalue weighted by atomic mass is 10.2. The Kier molecular flexibility index (Phi) is 6.44. The number of carbonyl (C=O) groups is 2. The molecule has 0 aliphatic carbocycles. The predicted octanol–water partition coefficient (Wildman–Crippen LogP) is 1.60. The zero-order chi connectivity index (χ0) is 15.1. The molecular weight excluding hydrogens is 282 g/mol. The highest BCUT2D eigenvalue weighted by atomic mass is 35.5. The maximum Gasteiger partial charge on any atom is 0.227 e. The van der Waals surface area contributed by atoms with Crippen molar-refractivity contribution < 1.29 is 14.3 Å². The van der Waals surface area contributed by atoms with Crippen LogP contribution in [0.3, 0.4) is 0 Å². The number of nitrogens with two attached hydrogens (primary N) is 1.